The predicted molar refractivity (Wildman–Crippen MR) is 129 cm³/mol. The van der Waals surface area contributed by atoms with Gasteiger partial charge in [-0.05, 0) is 62.1 Å². The summed E-state index contributed by atoms with van der Waals surface area (Å²) < 4.78 is 44.0. The van der Waals surface area contributed by atoms with Gasteiger partial charge in [0.1, 0.15) is 17.6 Å². The van der Waals surface area contributed by atoms with Crippen LogP contribution in [0.15, 0.2) is 72.8 Å². The lowest BCUT2D eigenvalue weighted by Gasteiger charge is -2.24. The molecular formula is C27H29O6P. The Morgan fingerprint density at radius 2 is 1.68 bits per heavy atom. The molecule has 0 radical (unpaired) electrons. The predicted octanol–water partition coefficient (Wildman–Crippen LogP) is 6.57. The molecule has 3 atom stereocenters. The molecule has 3 aromatic carbocycles. The summed E-state index contributed by atoms with van der Waals surface area (Å²) in [6.07, 6.45) is 0.637. The minimum absolute atomic E-state index is 0.317. The average Bonchev–Trinajstić information content (AvgIpc) is 3.37. The molecule has 0 N–H and O–H groups in total. The van der Waals surface area contributed by atoms with Crippen LogP contribution in [0.4, 0.5) is 0 Å². The largest absolute Gasteiger partial charge is 0.587 e. The standard InChI is InChI=1S/C27H29O6P/c1-19-10-9-11-20-16-22(17-24(19)20)32-34(28,31-21-12-5-4-6-13-21)33-25-15-8-7-14-23(25)26-18-29-27(2,3)30-26/h4-15,22,26H,16-18H2,1-3H3. The van der Waals surface area contributed by atoms with Crippen molar-refractivity contribution in [1.29, 1.82) is 0 Å². The SMILES string of the molecule is Cc1cccc2c1CC(OP(=O)(Oc1ccccc1)Oc1ccccc1C1COC(C)(C)O1)C2. The number of ether oxygens (including phenoxy) is 2. The van der Waals surface area contributed by atoms with Crippen molar-refractivity contribution >= 4 is 7.82 Å². The fourth-order valence-electron chi connectivity index (χ4n) is 4.51. The first kappa shape index (κ1) is 23.1. The third-order valence-corrected chi connectivity index (χ3v) is 7.52. The number of aryl methyl sites for hydroxylation is 1. The number of para-hydroxylation sites is 2. The van der Waals surface area contributed by atoms with Crippen LogP contribution in [0.2, 0.25) is 0 Å². The van der Waals surface area contributed by atoms with Gasteiger partial charge < -0.3 is 18.5 Å². The van der Waals surface area contributed by atoms with E-state index >= 15 is 0 Å². The Labute approximate surface area is 200 Å². The maximum atomic E-state index is 14.1. The van der Waals surface area contributed by atoms with Crippen LogP contribution in [-0.4, -0.2) is 18.5 Å². The van der Waals surface area contributed by atoms with E-state index in [-0.39, 0.29) is 12.2 Å². The smallest absolute Gasteiger partial charge is 0.395 e. The first-order chi connectivity index (χ1) is 16.3. The molecule has 1 aliphatic carbocycles. The summed E-state index contributed by atoms with van der Waals surface area (Å²) in [5.41, 5.74) is 4.38. The van der Waals surface area contributed by atoms with E-state index in [2.05, 4.69) is 19.1 Å². The number of fused-ring (bicyclic) bond motifs is 1. The quantitative estimate of drug-likeness (QED) is 0.357. The van der Waals surface area contributed by atoms with E-state index in [4.69, 9.17) is 23.0 Å². The normalized spacial score (nSPS) is 22.7. The van der Waals surface area contributed by atoms with Gasteiger partial charge in [0.15, 0.2) is 5.79 Å². The molecule has 0 aromatic heterocycles. The van der Waals surface area contributed by atoms with Crippen molar-refractivity contribution in [1.82, 2.24) is 0 Å². The van der Waals surface area contributed by atoms with Crippen LogP contribution in [0, 0.1) is 6.92 Å². The highest BCUT2D eigenvalue weighted by Gasteiger charge is 2.40. The molecule has 2 aliphatic rings. The molecule has 0 spiro atoms. The van der Waals surface area contributed by atoms with E-state index in [1.165, 1.54) is 16.7 Å². The number of hydrogen-bond donors (Lipinski definition) is 0. The molecule has 5 rings (SSSR count). The third kappa shape index (κ3) is 5.06. The maximum absolute atomic E-state index is 14.1. The van der Waals surface area contributed by atoms with Crippen molar-refractivity contribution in [3.05, 3.63) is 95.1 Å². The summed E-state index contributed by atoms with van der Waals surface area (Å²) in [4.78, 5) is 0. The minimum Gasteiger partial charge on any atom is -0.395 e. The third-order valence-electron chi connectivity index (χ3n) is 6.11. The van der Waals surface area contributed by atoms with Crippen LogP contribution in [0.5, 0.6) is 11.5 Å². The van der Waals surface area contributed by atoms with Crippen molar-refractivity contribution in [3.63, 3.8) is 0 Å². The summed E-state index contributed by atoms with van der Waals surface area (Å²) in [7, 11) is -4.05. The minimum atomic E-state index is -4.05. The van der Waals surface area contributed by atoms with Gasteiger partial charge in [-0.1, -0.05) is 54.6 Å². The highest BCUT2D eigenvalue weighted by atomic mass is 31.2. The molecule has 0 amide bonds. The fraction of sp³-hybridized carbons (Fsp3) is 0.333. The van der Waals surface area contributed by atoms with Crippen LogP contribution >= 0.6 is 7.82 Å². The molecule has 6 nitrogen and oxygen atoms in total. The number of benzene rings is 3. The van der Waals surface area contributed by atoms with Crippen LogP contribution in [-0.2, 0) is 31.4 Å². The first-order valence-corrected chi connectivity index (χ1v) is 13.0. The summed E-state index contributed by atoms with van der Waals surface area (Å²) in [5.74, 6) is 0.0998. The van der Waals surface area contributed by atoms with Gasteiger partial charge in [0, 0.05) is 12.0 Å². The Morgan fingerprint density at radius 3 is 2.41 bits per heavy atom. The first-order valence-electron chi connectivity index (χ1n) is 11.5. The number of hydrogen-bond acceptors (Lipinski definition) is 6. The topological polar surface area (TPSA) is 63.2 Å². The van der Waals surface area contributed by atoms with Gasteiger partial charge in [0.05, 0.1) is 12.7 Å². The second-order valence-corrected chi connectivity index (χ2v) is 10.6. The van der Waals surface area contributed by atoms with Crippen molar-refractivity contribution in [2.24, 2.45) is 0 Å². The Morgan fingerprint density at radius 1 is 0.912 bits per heavy atom. The Bertz CT molecular complexity index is 1210. The maximum Gasteiger partial charge on any atom is 0.587 e. The average molecular weight is 480 g/mol. The van der Waals surface area contributed by atoms with Gasteiger partial charge in [0.25, 0.3) is 0 Å². The zero-order valence-electron chi connectivity index (χ0n) is 19.6. The summed E-state index contributed by atoms with van der Waals surface area (Å²) in [5, 5.41) is 0. The van der Waals surface area contributed by atoms with Crippen LogP contribution in [0.3, 0.4) is 0 Å². The molecule has 178 valence electrons. The molecule has 7 heteroatoms. The lowest BCUT2D eigenvalue weighted by atomic mass is 10.1. The molecule has 1 saturated heterocycles. The summed E-state index contributed by atoms with van der Waals surface area (Å²) in [6, 6.07) is 22.5. The van der Waals surface area contributed by atoms with Crippen LogP contribution in [0.1, 0.15) is 42.2 Å². The van der Waals surface area contributed by atoms with Crippen molar-refractivity contribution < 1.29 is 27.6 Å². The number of phosphoric ester groups is 1. The number of phosphoric acid groups is 1. The van der Waals surface area contributed by atoms with E-state index < -0.39 is 13.6 Å². The molecule has 1 fully saturated rings. The van der Waals surface area contributed by atoms with Gasteiger partial charge >= 0.3 is 7.82 Å². The van der Waals surface area contributed by atoms with Crippen molar-refractivity contribution in [2.45, 2.75) is 51.6 Å². The van der Waals surface area contributed by atoms with E-state index in [1.807, 2.05) is 56.3 Å². The second-order valence-electron chi connectivity index (χ2n) is 9.15. The molecule has 0 saturated carbocycles. The molecule has 1 heterocycles. The molecule has 3 unspecified atom stereocenters. The Balaban J connectivity index is 1.42. The van der Waals surface area contributed by atoms with Crippen molar-refractivity contribution in [2.75, 3.05) is 6.61 Å². The van der Waals surface area contributed by atoms with Gasteiger partial charge in [-0.2, -0.15) is 0 Å². The van der Waals surface area contributed by atoms with E-state index in [9.17, 15) is 4.57 Å². The lowest BCUT2D eigenvalue weighted by molar-refractivity contribution is -0.139. The molecule has 34 heavy (non-hydrogen) atoms. The monoisotopic (exact) mass is 480 g/mol. The second kappa shape index (κ2) is 9.20. The molecule has 3 aromatic rings. The highest BCUT2D eigenvalue weighted by Crippen LogP contribution is 2.53. The van der Waals surface area contributed by atoms with Gasteiger partial charge in [-0.25, -0.2) is 4.57 Å². The highest BCUT2D eigenvalue weighted by molar-refractivity contribution is 7.49. The van der Waals surface area contributed by atoms with E-state index in [0.29, 0.717) is 30.9 Å². The number of rotatable bonds is 7. The van der Waals surface area contributed by atoms with Gasteiger partial charge in [-0.15, -0.1) is 0 Å². The fourth-order valence-corrected chi connectivity index (χ4v) is 5.94. The van der Waals surface area contributed by atoms with E-state index in [0.717, 1.165) is 5.56 Å². The Hall–Kier alpha value is -2.63. The van der Waals surface area contributed by atoms with Crippen molar-refractivity contribution in [3.8, 4) is 11.5 Å². The molecule has 0 bridgehead atoms. The summed E-state index contributed by atoms with van der Waals surface area (Å²) in [6.45, 7) is 6.18. The van der Waals surface area contributed by atoms with Gasteiger partial charge in [-0.3, -0.25) is 4.52 Å². The summed E-state index contributed by atoms with van der Waals surface area (Å²) >= 11 is 0. The zero-order chi connectivity index (χ0) is 23.8. The lowest BCUT2D eigenvalue weighted by Crippen LogP contribution is -2.20. The van der Waals surface area contributed by atoms with Crippen LogP contribution < -0.4 is 9.05 Å². The molecular weight excluding hydrogens is 451 g/mol. The zero-order valence-corrected chi connectivity index (χ0v) is 20.5. The van der Waals surface area contributed by atoms with E-state index in [1.54, 1.807) is 18.2 Å². The van der Waals surface area contributed by atoms with Crippen LogP contribution in [0.25, 0.3) is 0 Å². The molecule has 1 aliphatic heterocycles. The van der Waals surface area contributed by atoms with Gasteiger partial charge in [0.2, 0.25) is 0 Å². The Kier molecular flexibility index (Phi) is 6.26.